The molecule has 0 aliphatic carbocycles. The van der Waals surface area contributed by atoms with Crippen molar-refractivity contribution >= 4 is 39.7 Å². The lowest BCUT2D eigenvalue weighted by atomic mass is 10.3. The van der Waals surface area contributed by atoms with Crippen LogP contribution < -0.4 is 15.5 Å². The van der Waals surface area contributed by atoms with E-state index < -0.39 is 0 Å². The summed E-state index contributed by atoms with van der Waals surface area (Å²) in [5.74, 6) is 1.11. The van der Waals surface area contributed by atoms with E-state index in [1.807, 2.05) is 26.2 Å². The Bertz CT molecular complexity index is 832. The van der Waals surface area contributed by atoms with Crippen molar-refractivity contribution in [3.05, 3.63) is 42.0 Å². The number of allylic oxidation sites excluding steroid dienone is 1. The molecule has 1 aliphatic heterocycles. The summed E-state index contributed by atoms with van der Waals surface area (Å²) in [4.78, 5) is 29.7. The maximum atomic E-state index is 11.0. The Morgan fingerprint density at radius 2 is 1.96 bits per heavy atom. The molecule has 0 atom stereocenters. The number of carbonyl (C=O) groups excluding carboxylic acids is 1. The molecule has 0 unspecified atom stereocenters. The Morgan fingerprint density at radius 1 is 1.18 bits per heavy atom. The summed E-state index contributed by atoms with van der Waals surface area (Å²) in [7, 11) is 3.95. The topological polar surface area (TPSA) is 86.3 Å². The molecule has 0 aromatic carbocycles. The number of aromatic nitrogens is 3. The molecule has 9 heteroatoms. The number of pyridine rings is 1. The fraction of sp³-hybridized carbons (Fsp3) is 0.368. The van der Waals surface area contributed by atoms with Gasteiger partial charge in [-0.25, -0.2) is 15.0 Å². The molecule has 2 N–H and O–H groups in total. The second kappa shape index (κ2) is 9.52. The van der Waals surface area contributed by atoms with Gasteiger partial charge in [0.15, 0.2) is 5.62 Å². The lowest BCUT2D eigenvalue weighted by molar-refractivity contribution is 0.313. The predicted octanol–water partition coefficient (Wildman–Crippen LogP) is 2.20. The highest BCUT2D eigenvalue weighted by Crippen LogP contribution is 2.27. The van der Waals surface area contributed by atoms with Crippen LogP contribution in [-0.4, -0.2) is 65.7 Å². The minimum absolute atomic E-state index is 0.435. The van der Waals surface area contributed by atoms with Gasteiger partial charge in [-0.3, -0.25) is 4.79 Å². The standard InChI is InChI=1S/C19H25N7OS/c1-14(20-2)18(28-13-27)16-6-7-21-19(23-16)24-17-5-4-15(12-22-17)26-10-8-25(3)9-11-26/h4-7,12-13,20H,8-11H2,1-3H3,(H,21,22,23,24)/b18-14-. The molecule has 148 valence electrons. The van der Waals surface area contributed by atoms with Crippen LogP contribution in [0, 0.1) is 0 Å². The predicted molar refractivity (Wildman–Crippen MR) is 115 cm³/mol. The maximum Gasteiger partial charge on any atom is 0.228 e. The van der Waals surface area contributed by atoms with Crippen LogP contribution in [-0.2, 0) is 4.79 Å². The lowest BCUT2D eigenvalue weighted by Crippen LogP contribution is -2.44. The van der Waals surface area contributed by atoms with Gasteiger partial charge in [0.2, 0.25) is 5.95 Å². The highest BCUT2D eigenvalue weighted by atomic mass is 32.2. The number of rotatable bonds is 7. The molecule has 1 aliphatic rings. The summed E-state index contributed by atoms with van der Waals surface area (Å²) in [6.45, 7) is 6.02. The number of hydrogen-bond donors (Lipinski definition) is 2. The summed E-state index contributed by atoms with van der Waals surface area (Å²) in [5, 5.41) is 6.19. The quantitative estimate of drug-likeness (QED) is 0.680. The average molecular weight is 400 g/mol. The molecular formula is C19H25N7OS. The Balaban J connectivity index is 1.72. The molecule has 0 amide bonds. The number of likely N-dealkylation sites (N-methyl/N-ethyl adjacent to an activating group) is 1. The van der Waals surface area contributed by atoms with Gasteiger partial charge in [0, 0.05) is 45.1 Å². The fourth-order valence-corrected chi connectivity index (χ4v) is 3.48. The normalized spacial score (nSPS) is 15.8. The lowest BCUT2D eigenvalue weighted by Gasteiger charge is -2.33. The highest BCUT2D eigenvalue weighted by Gasteiger charge is 2.15. The van der Waals surface area contributed by atoms with E-state index in [4.69, 9.17) is 0 Å². The number of anilines is 3. The van der Waals surface area contributed by atoms with Gasteiger partial charge in [0.25, 0.3) is 0 Å². The van der Waals surface area contributed by atoms with Crippen LogP contribution in [0.4, 0.5) is 17.5 Å². The third-order valence-electron chi connectivity index (χ3n) is 4.63. The van der Waals surface area contributed by atoms with Crippen molar-refractivity contribution in [2.24, 2.45) is 0 Å². The first-order valence-corrected chi connectivity index (χ1v) is 9.97. The van der Waals surface area contributed by atoms with E-state index in [0.717, 1.165) is 59.8 Å². The smallest absolute Gasteiger partial charge is 0.228 e. The van der Waals surface area contributed by atoms with Gasteiger partial charge in [0.1, 0.15) is 5.82 Å². The van der Waals surface area contributed by atoms with Crippen molar-refractivity contribution in [2.75, 3.05) is 50.5 Å². The van der Waals surface area contributed by atoms with Crippen LogP contribution in [0.2, 0.25) is 0 Å². The zero-order chi connectivity index (χ0) is 19.9. The van der Waals surface area contributed by atoms with Crippen LogP contribution >= 0.6 is 11.8 Å². The van der Waals surface area contributed by atoms with Gasteiger partial charge in [-0.1, -0.05) is 11.8 Å². The monoisotopic (exact) mass is 399 g/mol. The average Bonchev–Trinajstić information content (AvgIpc) is 2.73. The number of piperazine rings is 1. The van der Waals surface area contributed by atoms with Crippen LogP contribution in [0.3, 0.4) is 0 Å². The molecule has 1 fully saturated rings. The summed E-state index contributed by atoms with van der Waals surface area (Å²) >= 11 is 1.09. The Hall–Kier alpha value is -2.65. The molecule has 3 heterocycles. The Morgan fingerprint density at radius 3 is 2.61 bits per heavy atom. The van der Waals surface area contributed by atoms with Crippen molar-refractivity contribution in [2.45, 2.75) is 6.92 Å². The molecule has 28 heavy (non-hydrogen) atoms. The van der Waals surface area contributed by atoms with Gasteiger partial charge in [-0.2, -0.15) is 0 Å². The number of nitrogens with zero attached hydrogens (tertiary/aromatic N) is 5. The van der Waals surface area contributed by atoms with E-state index >= 15 is 0 Å². The zero-order valence-electron chi connectivity index (χ0n) is 16.3. The van der Waals surface area contributed by atoms with Gasteiger partial charge < -0.3 is 20.4 Å². The van der Waals surface area contributed by atoms with Crippen LogP contribution in [0.15, 0.2) is 36.3 Å². The first-order valence-electron chi connectivity index (χ1n) is 9.09. The van der Waals surface area contributed by atoms with Gasteiger partial charge >= 0.3 is 0 Å². The first-order chi connectivity index (χ1) is 13.6. The molecule has 2 aromatic rings. The Labute approximate surface area is 169 Å². The number of hydrogen-bond acceptors (Lipinski definition) is 9. The molecule has 2 aromatic heterocycles. The molecular weight excluding hydrogens is 374 g/mol. The van der Waals surface area contributed by atoms with E-state index in [1.54, 1.807) is 12.3 Å². The third-order valence-corrected chi connectivity index (χ3v) is 5.47. The van der Waals surface area contributed by atoms with Crippen molar-refractivity contribution in [3.63, 3.8) is 0 Å². The zero-order valence-corrected chi connectivity index (χ0v) is 17.2. The second-order valence-electron chi connectivity index (χ2n) is 6.50. The third kappa shape index (κ3) is 4.99. The van der Waals surface area contributed by atoms with Crippen molar-refractivity contribution in [1.29, 1.82) is 0 Å². The summed E-state index contributed by atoms with van der Waals surface area (Å²) in [6, 6.07) is 5.77. The maximum absolute atomic E-state index is 11.0. The van der Waals surface area contributed by atoms with Crippen molar-refractivity contribution < 1.29 is 4.79 Å². The summed E-state index contributed by atoms with van der Waals surface area (Å²) in [6.07, 6.45) is 3.54. The van der Waals surface area contributed by atoms with E-state index in [0.29, 0.717) is 17.5 Å². The molecule has 0 radical (unpaired) electrons. The van der Waals surface area contributed by atoms with E-state index in [-0.39, 0.29) is 0 Å². The van der Waals surface area contributed by atoms with Gasteiger partial charge in [0.05, 0.1) is 22.5 Å². The molecule has 0 bridgehead atoms. The van der Waals surface area contributed by atoms with E-state index in [9.17, 15) is 4.79 Å². The largest absolute Gasteiger partial charge is 0.391 e. The molecule has 0 spiro atoms. The first kappa shape index (κ1) is 20.1. The number of nitrogens with one attached hydrogen (secondary N) is 2. The van der Waals surface area contributed by atoms with E-state index in [2.05, 4.69) is 48.5 Å². The fourth-order valence-electron chi connectivity index (χ4n) is 2.87. The van der Waals surface area contributed by atoms with Gasteiger partial charge in [-0.15, -0.1) is 0 Å². The van der Waals surface area contributed by atoms with Crippen LogP contribution in [0.1, 0.15) is 12.6 Å². The van der Waals surface area contributed by atoms with Crippen molar-refractivity contribution in [1.82, 2.24) is 25.2 Å². The molecule has 0 saturated carbocycles. The Kier molecular flexibility index (Phi) is 6.83. The van der Waals surface area contributed by atoms with Crippen LogP contribution in [0.25, 0.3) is 4.91 Å². The second-order valence-corrected chi connectivity index (χ2v) is 7.34. The van der Waals surface area contributed by atoms with Crippen LogP contribution in [0.5, 0.6) is 0 Å². The van der Waals surface area contributed by atoms with E-state index in [1.165, 1.54) is 0 Å². The minimum Gasteiger partial charge on any atom is -0.391 e. The summed E-state index contributed by atoms with van der Waals surface area (Å²) < 4.78 is 0. The molecule has 1 saturated heterocycles. The molecule has 8 nitrogen and oxygen atoms in total. The highest BCUT2D eigenvalue weighted by molar-refractivity contribution is 8.19. The number of carbonyl (C=O) groups is 1. The molecule has 3 rings (SSSR count). The van der Waals surface area contributed by atoms with Gasteiger partial charge in [-0.05, 0) is 32.2 Å². The SMILES string of the molecule is CN/C(C)=C(\SC=O)c1ccnc(Nc2ccc(N3CCN(C)CC3)cn2)n1. The van der Waals surface area contributed by atoms with Crippen molar-refractivity contribution in [3.8, 4) is 0 Å². The summed E-state index contributed by atoms with van der Waals surface area (Å²) in [5.41, 5.74) is 3.46. The minimum atomic E-state index is 0.435. The number of thioether (sulfide) groups is 1.